The number of hydrogen-bond donors (Lipinski definition) is 1. The van der Waals surface area contributed by atoms with Gasteiger partial charge in [-0.3, -0.25) is 14.2 Å². The molecule has 0 bridgehead atoms. The third-order valence-electron chi connectivity index (χ3n) is 14.5. The summed E-state index contributed by atoms with van der Waals surface area (Å²) in [6.45, 7) is 6.81. The van der Waals surface area contributed by atoms with Crippen molar-refractivity contribution in [3.63, 3.8) is 0 Å². The average Bonchev–Trinajstić information content (AvgIpc) is 3.37. The molecule has 0 aliphatic rings. The molecule has 75 heavy (non-hydrogen) atoms. The number of nitrogens with one attached hydrogen (secondary N) is 1. The van der Waals surface area contributed by atoms with Gasteiger partial charge >= 0.3 is 5.97 Å². The fraction of sp³-hybridized carbons (Fsp3) is 0.877. The zero-order valence-electron chi connectivity index (χ0n) is 50.5. The van der Waals surface area contributed by atoms with E-state index in [1.54, 1.807) is 0 Å². The van der Waals surface area contributed by atoms with Gasteiger partial charge in [0.25, 0.3) is 7.82 Å². The van der Waals surface area contributed by atoms with Gasteiger partial charge in [-0.15, -0.1) is 0 Å². The minimum Gasteiger partial charge on any atom is -0.756 e. The summed E-state index contributed by atoms with van der Waals surface area (Å²) >= 11 is 0. The Morgan fingerprint density at radius 3 is 1.17 bits per heavy atom. The number of carbonyl (C=O) groups excluding carboxylic acids is 2. The summed E-state index contributed by atoms with van der Waals surface area (Å²) in [7, 11) is 1.19. The molecule has 0 saturated heterocycles. The Hall–Kier alpha value is -1.77. The van der Waals surface area contributed by atoms with Gasteiger partial charge in [0, 0.05) is 12.8 Å². The van der Waals surface area contributed by atoms with Crippen LogP contribution in [0.1, 0.15) is 316 Å². The van der Waals surface area contributed by atoms with E-state index in [9.17, 15) is 19.0 Å². The van der Waals surface area contributed by atoms with Gasteiger partial charge in [0.2, 0.25) is 5.91 Å². The fourth-order valence-corrected chi connectivity index (χ4v) is 10.2. The van der Waals surface area contributed by atoms with Crippen molar-refractivity contribution in [3.05, 3.63) is 36.5 Å². The van der Waals surface area contributed by atoms with Gasteiger partial charge in [-0.25, -0.2) is 0 Å². The van der Waals surface area contributed by atoms with Crippen LogP contribution in [0, 0.1) is 0 Å². The van der Waals surface area contributed by atoms with E-state index in [1.807, 2.05) is 33.3 Å². The van der Waals surface area contributed by atoms with Crippen molar-refractivity contribution >= 4 is 19.7 Å². The predicted octanol–water partition coefficient (Wildman–Crippen LogP) is 19.3. The van der Waals surface area contributed by atoms with Crippen LogP contribution in [-0.2, 0) is 27.9 Å². The topological polar surface area (TPSA) is 114 Å². The molecule has 0 aliphatic heterocycles. The number of unbranched alkanes of at least 4 members (excludes halogenated alkanes) is 39. The van der Waals surface area contributed by atoms with Crippen molar-refractivity contribution in [2.75, 3.05) is 40.9 Å². The number of carbonyl (C=O) groups is 2. The molecule has 0 radical (unpaired) electrons. The molecule has 0 aromatic carbocycles. The van der Waals surface area contributed by atoms with E-state index in [0.29, 0.717) is 17.4 Å². The van der Waals surface area contributed by atoms with Crippen molar-refractivity contribution in [1.29, 1.82) is 0 Å². The lowest BCUT2D eigenvalue weighted by Gasteiger charge is -2.30. The first-order chi connectivity index (χ1) is 36.4. The lowest BCUT2D eigenvalue weighted by atomic mass is 10.0. The molecule has 10 heteroatoms. The molecular weight excluding hydrogens is 952 g/mol. The highest BCUT2D eigenvalue weighted by molar-refractivity contribution is 7.45. The van der Waals surface area contributed by atoms with Gasteiger partial charge in [-0.1, -0.05) is 263 Å². The standard InChI is InChI=1S/C65H125N2O7P/c1-7-10-13-16-19-22-25-26-27-28-29-30-31-32-33-34-35-36-37-38-39-40-43-46-49-52-55-58-65(69)74-63(56-53-50-47-44-41-23-20-17-14-11-8-2)62(61-73-75(70,71)72-60-59-67(4,5)6)66-64(68)57-54-51-48-45-42-24-21-18-15-12-9-3/h18,21,26-27,53,56,62-63H,7-17,19-20,22-25,28-52,54-55,57-61H2,1-6H3,(H-,66,68,70,71)/b21-18-,27-26+,56-53-. The second kappa shape index (κ2) is 55.5. The van der Waals surface area contributed by atoms with Crippen LogP contribution in [0.15, 0.2) is 36.5 Å². The number of amides is 1. The molecule has 3 unspecified atom stereocenters. The second-order valence-electron chi connectivity index (χ2n) is 23.3. The molecule has 3 atom stereocenters. The molecule has 0 saturated carbocycles. The van der Waals surface area contributed by atoms with Crippen molar-refractivity contribution in [1.82, 2.24) is 5.32 Å². The molecule has 0 aromatic heterocycles. The Balaban J connectivity index is 4.92. The van der Waals surface area contributed by atoms with Crippen LogP contribution in [-0.4, -0.2) is 69.4 Å². The van der Waals surface area contributed by atoms with E-state index in [1.165, 1.54) is 199 Å². The van der Waals surface area contributed by atoms with Crippen molar-refractivity contribution < 1.29 is 37.3 Å². The molecule has 442 valence electrons. The molecule has 0 aromatic rings. The monoisotopic (exact) mass is 1080 g/mol. The SMILES string of the molecule is CCCC/C=C\CCCCCCCC(=O)NC(COP(=O)([O-])OCC[N+](C)(C)C)C(/C=C\CCCCCCCCCCC)OC(=O)CCCCCCCCCCCCCCCCCCC/C=C/CCCCCCCC. The van der Waals surface area contributed by atoms with Gasteiger partial charge in [0.05, 0.1) is 33.8 Å². The Morgan fingerprint density at radius 2 is 0.787 bits per heavy atom. The number of likely N-dealkylation sites (N-methyl/N-ethyl adjacent to an activating group) is 1. The van der Waals surface area contributed by atoms with Gasteiger partial charge in [-0.05, 0) is 76.7 Å². The Morgan fingerprint density at radius 1 is 0.453 bits per heavy atom. The van der Waals surface area contributed by atoms with E-state index in [0.717, 1.165) is 83.5 Å². The van der Waals surface area contributed by atoms with Gasteiger partial charge in [0.1, 0.15) is 19.3 Å². The van der Waals surface area contributed by atoms with Crippen LogP contribution in [0.3, 0.4) is 0 Å². The Bertz CT molecular complexity index is 1380. The molecular formula is C65H125N2O7P. The van der Waals surface area contributed by atoms with E-state index >= 15 is 0 Å². The lowest BCUT2D eigenvalue weighted by Crippen LogP contribution is -2.47. The number of quaternary nitrogens is 1. The molecule has 1 amide bonds. The van der Waals surface area contributed by atoms with Crippen LogP contribution in [0.4, 0.5) is 0 Å². The van der Waals surface area contributed by atoms with Crippen LogP contribution < -0.4 is 10.2 Å². The maximum Gasteiger partial charge on any atom is 0.306 e. The first-order valence-electron chi connectivity index (χ1n) is 32.3. The minimum absolute atomic E-state index is 0.0218. The van der Waals surface area contributed by atoms with Crippen molar-refractivity contribution in [2.24, 2.45) is 0 Å². The Kier molecular flexibility index (Phi) is 54.2. The molecule has 1 N–H and O–H groups in total. The zero-order valence-corrected chi connectivity index (χ0v) is 51.4. The van der Waals surface area contributed by atoms with Crippen molar-refractivity contribution in [2.45, 2.75) is 328 Å². The molecule has 0 spiro atoms. The first-order valence-corrected chi connectivity index (χ1v) is 33.8. The van der Waals surface area contributed by atoms with Crippen LogP contribution in [0.2, 0.25) is 0 Å². The Labute approximate surface area is 466 Å². The van der Waals surface area contributed by atoms with Crippen molar-refractivity contribution in [3.8, 4) is 0 Å². The number of esters is 1. The zero-order chi connectivity index (χ0) is 55.0. The highest BCUT2D eigenvalue weighted by atomic mass is 31.2. The molecule has 0 rings (SSSR count). The van der Waals surface area contributed by atoms with Crippen LogP contribution >= 0.6 is 7.82 Å². The van der Waals surface area contributed by atoms with Gasteiger partial charge in [0.15, 0.2) is 0 Å². The first kappa shape index (κ1) is 73.2. The van der Waals surface area contributed by atoms with E-state index in [2.05, 4.69) is 50.4 Å². The normalized spacial score (nSPS) is 13.9. The summed E-state index contributed by atoms with van der Waals surface area (Å²) in [6.07, 6.45) is 67.1. The summed E-state index contributed by atoms with van der Waals surface area (Å²) in [5.41, 5.74) is 0. The molecule has 0 aliphatic carbocycles. The minimum atomic E-state index is -4.69. The molecule has 0 fully saturated rings. The van der Waals surface area contributed by atoms with E-state index < -0.39 is 20.0 Å². The summed E-state index contributed by atoms with van der Waals surface area (Å²) in [5.74, 6) is -0.541. The van der Waals surface area contributed by atoms with E-state index in [-0.39, 0.29) is 31.5 Å². The summed E-state index contributed by atoms with van der Waals surface area (Å²) in [5, 5.41) is 3.02. The maximum absolute atomic E-state index is 13.5. The van der Waals surface area contributed by atoms with Crippen LogP contribution in [0.5, 0.6) is 0 Å². The van der Waals surface area contributed by atoms with Crippen LogP contribution in [0.25, 0.3) is 0 Å². The highest BCUT2D eigenvalue weighted by Crippen LogP contribution is 2.38. The quantitative estimate of drug-likeness (QED) is 0.0212. The van der Waals surface area contributed by atoms with Gasteiger partial charge in [-0.2, -0.15) is 0 Å². The number of nitrogens with zero attached hydrogens (tertiary/aromatic N) is 1. The van der Waals surface area contributed by atoms with E-state index in [4.69, 9.17) is 13.8 Å². The third-order valence-corrected chi connectivity index (χ3v) is 15.5. The predicted molar refractivity (Wildman–Crippen MR) is 321 cm³/mol. The smallest absolute Gasteiger partial charge is 0.306 e. The number of rotatable bonds is 59. The second-order valence-corrected chi connectivity index (χ2v) is 24.7. The summed E-state index contributed by atoms with van der Waals surface area (Å²) < 4.78 is 30.3. The highest BCUT2D eigenvalue weighted by Gasteiger charge is 2.27. The fourth-order valence-electron chi connectivity index (χ4n) is 9.50. The van der Waals surface area contributed by atoms with Gasteiger partial charge < -0.3 is 28.5 Å². The number of phosphoric acid groups is 1. The number of hydrogen-bond acceptors (Lipinski definition) is 7. The summed E-state index contributed by atoms with van der Waals surface area (Å²) in [6, 6.07) is -0.887. The number of allylic oxidation sites excluding steroid dienone is 5. The largest absolute Gasteiger partial charge is 0.756 e. The average molecular weight is 1080 g/mol. The number of ether oxygens (including phenoxy) is 1. The molecule has 9 nitrogen and oxygen atoms in total. The number of phosphoric ester groups is 1. The lowest BCUT2D eigenvalue weighted by molar-refractivity contribution is -0.870. The maximum atomic E-state index is 13.5. The summed E-state index contributed by atoms with van der Waals surface area (Å²) in [4.78, 5) is 39.9. The third kappa shape index (κ3) is 56.8. The molecule has 0 heterocycles.